The molecule has 0 saturated heterocycles. The second kappa shape index (κ2) is 4.72. The van der Waals surface area contributed by atoms with Gasteiger partial charge in [-0.05, 0) is 24.5 Å². The lowest BCUT2D eigenvalue weighted by atomic mass is 9.93. The summed E-state index contributed by atoms with van der Waals surface area (Å²) in [5, 5.41) is 0. The van der Waals surface area contributed by atoms with Gasteiger partial charge in [-0.3, -0.25) is 0 Å². The Morgan fingerprint density at radius 3 is 2.79 bits per heavy atom. The molecule has 0 bridgehead atoms. The lowest BCUT2D eigenvalue weighted by Crippen LogP contribution is -1.99. The number of hydrogen-bond acceptors (Lipinski definition) is 1. The van der Waals surface area contributed by atoms with Crippen LogP contribution in [0.25, 0.3) is 0 Å². The van der Waals surface area contributed by atoms with Gasteiger partial charge in [-0.15, -0.1) is 12.3 Å². The van der Waals surface area contributed by atoms with E-state index < -0.39 is 0 Å². The van der Waals surface area contributed by atoms with Gasteiger partial charge in [0, 0.05) is 12.0 Å². The summed E-state index contributed by atoms with van der Waals surface area (Å²) in [6.45, 7) is 4.22. The number of ether oxygens (including phenoxy) is 1. The highest BCUT2D eigenvalue weighted by atomic mass is 16.5. The average molecular weight is 188 g/mol. The van der Waals surface area contributed by atoms with Crippen molar-refractivity contribution in [1.82, 2.24) is 0 Å². The first-order valence-electron chi connectivity index (χ1n) is 4.77. The molecule has 0 saturated carbocycles. The topological polar surface area (TPSA) is 9.23 Å². The molecule has 0 aliphatic carbocycles. The van der Waals surface area contributed by atoms with E-state index in [1.165, 1.54) is 11.1 Å². The van der Waals surface area contributed by atoms with E-state index in [9.17, 15) is 0 Å². The molecule has 0 N–H and O–H groups in total. The van der Waals surface area contributed by atoms with Crippen molar-refractivity contribution in [1.29, 1.82) is 0 Å². The van der Waals surface area contributed by atoms with Gasteiger partial charge in [-0.2, -0.15) is 0 Å². The molecule has 1 aromatic rings. The SMILES string of the molecule is C#CCC(C)c1c(C)cccc1OC. The summed E-state index contributed by atoms with van der Waals surface area (Å²) >= 11 is 0. The molecule has 1 aromatic carbocycles. The molecule has 0 heterocycles. The van der Waals surface area contributed by atoms with E-state index in [0.717, 1.165) is 12.2 Å². The molecule has 74 valence electrons. The maximum Gasteiger partial charge on any atom is 0.122 e. The predicted octanol–water partition coefficient (Wildman–Crippen LogP) is 3.13. The van der Waals surface area contributed by atoms with Crippen molar-refractivity contribution in [2.24, 2.45) is 0 Å². The Morgan fingerprint density at radius 1 is 1.50 bits per heavy atom. The van der Waals surface area contributed by atoms with Crippen molar-refractivity contribution in [3.8, 4) is 18.1 Å². The summed E-state index contributed by atoms with van der Waals surface area (Å²) in [6, 6.07) is 6.07. The molecule has 0 aliphatic heterocycles. The minimum Gasteiger partial charge on any atom is -0.496 e. The molecule has 14 heavy (non-hydrogen) atoms. The van der Waals surface area contributed by atoms with E-state index in [1.807, 2.05) is 12.1 Å². The summed E-state index contributed by atoms with van der Waals surface area (Å²) < 4.78 is 5.33. The molecule has 0 spiro atoms. The maximum absolute atomic E-state index is 5.33. The normalized spacial score (nSPS) is 11.9. The van der Waals surface area contributed by atoms with E-state index in [1.54, 1.807) is 7.11 Å². The number of aryl methyl sites for hydroxylation is 1. The zero-order chi connectivity index (χ0) is 10.6. The highest BCUT2D eigenvalue weighted by Crippen LogP contribution is 2.31. The highest BCUT2D eigenvalue weighted by Gasteiger charge is 2.12. The fourth-order valence-electron chi connectivity index (χ4n) is 1.74. The number of rotatable bonds is 3. The van der Waals surface area contributed by atoms with Crippen LogP contribution in [0.3, 0.4) is 0 Å². The quantitative estimate of drug-likeness (QED) is 0.662. The van der Waals surface area contributed by atoms with Gasteiger partial charge < -0.3 is 4.74 Å². The Hall–Kier alpha value is -1.42. The van der Waals surface area contributed by atoms with Gasteiger partial charge in [0.1, 0.15) is 5.75 Å². The molecule has 0 amide bonds. The zero-order valence-electron chi connectivity index (χ0n) is 9.00. The van der Waals surface area contributed by atoms with Gasteiger partial charge in [0.25, 0.3) is 0 Å². The third-order valence-corrected chi connectivity index (χ3v) is 2.42. The van der Waals surface area contributed by atoms with Crippen molar-refractivity contribution in [3.63, 3.8) is 0 Å². The van der Waals surface area contributed by atoms with Crippen molar-refractivity contribution >= 4 is 0 Å². The van der Waals surface area contributed by atoms with E-state index in [0.29, 0.717) is 5.92 Å². The van der Waals surface area contributed by atoms with Crippen molar-refractivity contribution in [2.45, 2.75) is 26.2 Å². The number of methoxy groups -OCH3 is 1. The van der Waals surface area contributed by atoms with Gasteiger partial charge in [-0.25, -0.2) is 0 Å². The van der Waals surface area contributed by atoms with Gasteiger partial charge in [-0.1, -0.05) is 19.1 Å². The summed E-state index contributed by atoms with van der Waals surface area (Å²) in [6.07, 6.45) is 6.07. The Balaban J connectivity index is 3.11. The van der Waals surface area contributed by atoms with Crippen molar-refractivity contribution < 1.29 is 4.74 Å². The molecular weight excluding hydrogens is 172 g/mol. The lowest BCUT2D eigenvalue weighted by molar-refractivity contribution is 0.406. The second-order valence-electron chi connectivity index (χ2n) is 3.50. The van der Waals surface area contributed by atoms with Crippen molar-refractivity contribution in [3.05, 3.63) is 29.3 Å². The van der Waals surface area contributed by atoms with Crippen LogP contribution in [0, 0.1) is 19.3 Å². The minimum absolute atomic E-state index is 0.358. The molecule has 0 aromatic heterocycles. The molecule has 1 rings (SSSR count). The highest BCUT2D eigenvalue weighted by molar-refractivity contribution is 5.42. The van der Waals surface area contributed by atoms with Crippen LogP contribution in [0.4, 0.5) is 0 Å². The maximum atomic E-state index is 5.33. The first-order chi connectivity index (χ1) is 6.70. The molecule has 0 fully saturated rings. The van der Waals surface area contributed by atoms with Gasteiger partial charge in [0.2, 0.25) is 0 Å². The Morgan fingerprint density at radius 2 is 2.21 bits per heavy atom. The molecule has 0 aliphatic rings. The van der Waals surface area contributed by atoms with E-state index in [2.05, 4.69) is 25.8 Å². The van der Waals surface area contributed by atoms with Crippen LogP contribution >= 0.6 is 0 Å². The Bertz CT molecular complexity index is 347. The summed E-state index contributed by atoms with van der Waals surface area (Å²) in [7, 11) is 1.70. The number of hydrogen-bond donors (Lipinski definition) is 0. The fraction of sp³-hybridized carbons (Fsp3) is 0.385. The third kappa shape index (κ3) is 2.09. The van der Waals surface area contributed by atoms with Gasteiger partial charge in [0.05, 0.1) is 7.11 Å². The van der Waals surface area contributed by atoms with Crippen LogP contribution in [0.5, 0.6) is 5.75 Å². The number of terminal acetylenes is 1. The van der Waals surface area contributed by atoms with Gasteiger partial charge in [0.15, 0.2) is 0 Å². The summed E-state index contributed by atoms with van der Waals surface area (Å²) in [5.41, 5.74) is 2.47. The van der Waals surface area contributed by atoms with E-state index in [4.69, 9.17) is 11.2 Å². The van der Waals surface area contributed by atoms with E-state index in [-0.39, 0.29) is 0 Å². The molecular formula is C13H16O. The lowest BCUT2D eigenvalue weighted by Gasteiger charge is -2.16. The van der Waals surface area contributed by atoms with Crippen LogP contribution in [-0.4, -0.2) is 7.11 Å². The zero-order valence-corrected chi connectivity index (χ0v) is 9.00. The standard InChI is InChI=1S/C13H16O/c1-5-7-10(2)13-11(3)8-6-9-12(13)14-4/h1,6,8-10H,7H2,2-4H3. The first-order valence-corrected chi connectivity index (χ1v) is 4.77. The largest absolute Gasteiger partial charge is 0.496 e. The monoisotopic (exact) mass is 188 g/mol. The second-order valence-corrected chi connectivity index (χ2v) is 3.50. The summed E-state index contributed by atoms with van der Waals surface area (Å²) in [5.74, 6) is 3.98. The fourth-order valence-corrected chi connectivity index (χ4v) is 1.74. The van der Waals surface area contributed by atoms with Crippen LogP contribution in [0.2, 0.25) is 0 Å². The third-order valence-electron chi connectivity index (χ3n) is 2.42. The van der Waals surface area contributed by atoms with Gasteiger partial charge >= 0.3 is 0 Å². The molecule has 0 radical (unpaired) electrons. The molecule has 1 heteroatoms. The van der Waals surface area contributed by atoms with E-state index >= 15 is 0 Å². The summed E-state index contributed by atoms with van der Waals surface area (Å²) in [4.78, 5) is 0. The van der Waals surface area contributed by atoms with Crippen molar-refractivity contribution in [2.75, 3.05) is 7.11 Å². The van der Waals surface area contributed by atoms with Crippen LogP contribution < -0.4 is 4.74 Å². The average Bonchev–Trinajstić information content (AvgIpc) is 2.17. The first kappa shape index (κ1) is 10.7. The van der Waals surface area contributed by atoms with Crippen LogP contribution in [0.1, 0.15) is 30.4 Å². The molecule has 1 nitrogen and oxygen atoms in total. The van der Waals surface area contributed by atoms with Crippen LogP contribution in [-0.2, 0) is 0 Å². The Labute approximate surface area is 86.1 Å². The Kier molecular flexibility index (Phi) is 3.59. The smallest absolute Gasteiger partial charge is 0.122 e. The number of benzene rings is 1. The minimum atomic E-state index is 0.358. The predicted molar refractivity (Wildman–Crippen MR) is 59.6 cm³/mol. The molecule has 1 atom stereocenters. The van der Waals surface area contributed by atoms with Crippen LogP contribution in [0.15, 0.2) is 18.2 Å². The molecule has 1 unspecified atom stereocenters.